The largest absolute Gasteiger partial charge is 0.496 e. The third-order valence-electron chi connectivity index (χ3n) is 6.28. The van der Waals surface area contributed by atoms with E-state index >= 15 is 0 Å². The van der Waals surface area contributed by atoms with Gasteiger partial charge in [0.1, 0.15) is 17.1 Å². The number of furan rings is 1. The van der Waals surface area contributed by atoms with Crippen LogP contribution in [0.4, 0.5) is 0 Å². The van der Waals surface area contributed by atoms with Gasteiger partial charge in [-0.05, 0) is 47.8 Å². The second-order valence-electron chi connectivity index (χ2n) is 9.59. The lowest BCUT2D eigenvalue weighted by molar-refractivity contribution is 0.298. The van der Waals surface area contributed by atoms with Crippen LogP contribution in [-0.2, 0) is 18.3 Å². The van der Waals surface area contributed by atoms with Crippen molar-refractivity contribution in [1.82, 2.24) is 0 Å². The molecular weight excluding hydrogens is 320 g/mol. The lowest BCUT2D eigenvalue weighted by atomic mass is 9.75. The van der Waals surface area contributed by atoms with E-state index < -0.39 is 0 Å². The molecule has 0 amide bonds. The van der Waals surface area contributed by atoms with Gasteiger partial charge in [-0.25, -0.2) is 0 Å². The molecule has 2 heteroatoms. The maximum absolute atomic E-state index is 6.33. The van der Waals surface area contributed by atoms with Gasteiger partial charge in [-0.3, -0.25) is 0 Å². The number of hydrogen-bond donors (Lipinski definition) is 0. The molecule has 2 aromatic rings. The number of aryl methyl sites for hydroxylation is 1. The van der Waals surface area contributed by atoms with Crippen LogP contribution in [0.5, 0.6) is 5.75 Å². The summed E-state index contributed by atoms with van der Waals surface area (Å²) < 4.78 is 12.2. The highest BCUT2D eigenvalue weighted by atomic mass is 16.5. The molecule has 0 N–H and O–H groups in total. The zero-order valence-corrected chi connectivity index (χ0v) is 17.6. The Kier molecular flexibility index (Phi) is 5.42. The molecule has 1 aromatic heterocycles. The second kappa shape index (κ2) is 7.29. The maximum atomic E-state index is 6.33. The molecule has 0 spiro atoms. The van der Waals surface area contributed by atoms with Crippen LogP contribution >= 0.6 is 0 Å². The molecular formula is C24H36O2. The summed E-state index contributed by atoms with van der Waals surface area (Å²) in [6.45, 7) is 11.7. The molecule has 3 rings (SSSR count). The van der Waals surface area contributed by atoms with Crippen molar-refractivity contribution < 1.29 is 9.15 Å². The molecule has 1 aliphatic carbocycles. The first-order chi connectivity index (χ1) is 12.3. The first-order valence-electron chi connectivity index (χ1n) is 10.4. The molecule has 2 nitrogen and oxygen atoms in total. The third-order valence-corrected chi connectivity index (χ3v) is 6.28. The van der Waals surface area contributed by atoms with E-state index in [1.54, 1.807) is 7.11 Å². The quantitative estimate of drug-likeness (QED) is 0.489. The van der Waals surface area contributed by atoms with Crippen molar-refractivity contribution in [3.05, 3.63) is 29.0 Å². The fourth-order valence-corrected chi connectivity index (χ4v) is 4.40. The summed E-state index contributed by atoms with van der Waals surface area (Å²) in [7, 11) is 1.79. The second-order valence-corrected chi connectivity index (χ2v) is 9.59. The van der Waals surface area contributed by atoms with Crippen molar-refractivity contribution >= 4 is 11.0 Å². The number of benzene rings is 1. The number of fused-ring (bicyclic) bond motifs is 3. The first kappa shape index (κ1) is 19.3. The van der Waals surface area contributed by atoms with Gasteiger partial charge in [0, 0.05) is 12.0 Å². The van der Waals surface area contributed by atoms with Crippen LogP contribution in [0, 0.1) is 5.41 Å². The molecule has 0 fully saturated rings. The summed E-state index contributed by atoms with van der Waals surface area (Å²) in [4.78, 5) is 0. The fraction of sp³-hybridized carbons (Fsp3) is 0.667. The fourth-order valence-electron chi connectivity index (χ4n) is 4.40. The summed E-state index contributed by atoms with van der Waals surface area (Å²) >= 11 is 0. The Labute approximate surface area is 159 Å². The van der Waals surface area contributed by atoms with Crippen molar-refractivity contribution in [2.75, 3.05) is 7.11 Å². The summed E-state index contributed by atoms with van der Waals surface area (Å²) in [5.74, 6) is 2.16. The molecule has 0 saturated carbocycles. The number of unbranched alkanes of at least 4 members (excludes halogenated alkanes) is 3. The molecule has 0 radical (unpaired) electrons. The number of rotatable bonds is 7. The molecule has 26 heavy (non-hydrogen) atoms. The van der Waals surface area contributed by atoms with Gasteiger partial charge in [-0.1, -0.05) is 60.3 Å². The van der Waals surface area contributed by atoms with Gasteiger partial charge >= 0.3 is 0 Å². The van der Waals surface area contributed by atoms with Crippen molar-refractivity contribution in [1.29, 1.82) is 0 Å². The summed E-state index contributed by atoms with van der Waals surface area (Å²) in [6, 6.07) is 4.54. The molecule has 1 aromatic carbocycles. The molecule has 0 saturated heterocycles. The standard InChI is InChI=1S/C24H36O2/c1-7-8-9-10-12-24(4,5)17-14-20(25-6)22-18-16-23(2,3)13-11-19(18)26-21(22)15-17/h14-15H,7-13,16H2,1-6H3. The zero-order valence-electron chi connectivity index (χ0n) is 17.6. The smallest absolute Gasteiger partial charge is 0.138 e. The predicted molar refractivity (Wildman–Crippen MR) is 110 cm³/mol. The maximum Gasteiger partial charge on any atom is 0.138 e. The third kappa shape index (κ3) is 3.80. The van der Waals surface area contributed by atoms with E-state index in [1.807, 2.05) is 0 Å². The van der Waals surface area contributed by atoms with E-state index in [0.717, 1.165) is 24.2 Å². The van der Waals surface area contributed by atoms with E-state index in [2.05, 4.69) is 46.8 Å². The van der Waals surface area contributed by atoms with Gasteiger partial charge in [-0.2, -0.15) is 0 Å². The summed E-state index contributed by atoms with van der Waals surface area (Å²) in [6.07, 6.45) is 9.73. The van der Waals surface area contributed by atoms with Gasteiger partial charge in [0.25, 0.3) is 0 Å². The van der Waals surface area contributed by atoms with Crippen LogP contribution in [0.1, 0.15) is 90.0 Å². The Morgan fingerprint density at radius 1 is 1.15 bits per heavy atom. The van der Waals surface area contributed by atoms with Crippen molar-refractivity contribution in [2.24, 2.45) is 5.41 Å². The Bertz CT molecular complexity index is 764. The Balaban J connectivity index is 1.97. The highest BCUT2D eigenvalue weighted by Gasteiger charge is 2.32. The number of methoxy groups -OCH3 is 1. The minimum atomic E-state index is 0.141. The van der Waals surface area contributed by atoms with E-state index in [9.17, 15) is 0 Å². The van der Waals surface area contributed by atoms with Crippen LogP contribution in [0.15, 0.2) is 16.5 Å². The SMILES string of the molecule is CCCCCCC(C)(C)c1cc(OC)c2c3c(oc2c1)CCC(C)(C)C3. The normalized spacial score (nSPS) is 16.7. The molecule has 1 aliphatic rings. The summed E-state index contributed by atoms with van der Waals surface area (Å²) in [5.41, 5.74) is 4.21. The van der Waals surface area contributed by atoms with Crippen LogP contribution in [0.3, 0.4) is 0 Å². The van der Waals surface area contributed by atoms with Crippen LogP contribution in [0.25, 0.3) is 11.0 Å². The zero-order chi connectivity index (χ0) is 18.9. The molecule has 0 atom stereocenters. The van der Waals surface area contributed by atoms with Gasteiger partial charge < -0.3 is 9.15 Å². The van der Waals surface area contributed by atoms with Gasteiger partial charge in [-0.15, -0.1) is 0 Å². The highest BCUT2D eigenvalue weighted by Crippen LogP contribution is 2.45. The lowest BCUT2D eigenvalue weighted by Gasteiger charge is -2.29. The molecule has 0 unspecified atom stereocenters. The number of hydrogen-bond acceptors (Lipinski definition) is 2. The minimum Gasteiger partial charge on any atom is -0.496 e. The minimum absolute atomic E-state index is 0.141. The van der Waals surface area contributed by atoms with Crippen molar-refractivity contribution in [3.8, 4) is 5.75 Å². The van der Waals surface area contributed by atoms with Gasteiger partial charge in [0.2, 0.25) is 0 Å². The Morgan fingerprint density at radius 2 is 1.92 bits per heavy atom. The summed E-state index contributed by atoms with van der Waals surface area (Å²) in [5, 5.41) is 1.21. The van der Waals surface area contributed by atoms with Crippen LogP contribution < -0.4 is 4.74 Å². The van der Waals surface area contributed by atoms with Crippen LogP contribution in [-0.4, -0.2) is 7.11 Å². The van der Waals surface area contributed by atoms with Gasteiger partial charge in [0.05, 0.1) is 12.5 Å². The molecule has 0 aliphatic heterocycles. The van der Waals surface area contributed by atoms with Crippen LogP contribution in [0.2, 0.25) is 0 Å². The Morgan fingerprint density at radius 3 is 2.62 bits per heavy atom. The predicted octanol–water partition coefficient (Wildman–Crippen LogP) is 7.20. The van der Waals surface area contributed by atoms with Crippen molar-refractivity contribution in [2.45, 2.75) is 91.4 Å². The molecule has 1 heterocycles. The topological polar surface area (TPSA) is 22.4 Å². The molecule has 0 bridgehead atoms. The monoisotopic (exact) mass is 356 g/mol. The lowest BCUT2D eigenvalue weighted by Crippen LogP contribution is -2.21. The van der Waals surface area contributed by atoms with E-state index in [1.165, 1.54) is 60.8 Å². The molecule has 144 valence electrons. The average Bonchev–Trinajstić information content (AvgIpc) is 2.94. The number of ether oxygens (including phenoxy) is 1. The van der Waals surface area contributed by atoms with E-state index in [-0.39, 0.29) is 5.41 Å². The highest BCUT2D eigenvalue weighted by molar-refractivity contribution is 5.90. The first-order valence-corrected chi connectivity index (χ1v) is 10.4. The van der Waals surface area contributed by atoms with Gasteiger partial charge in [0.15, 0.2) is 0 Å². The van der Waals surface area contributed by atoms with E-state index in [4.69, 9.17) is 9.15 Å². The average molecular weight is 357 g/mol. The van der Waals surface area contributed by atoms with Crippen molar-refractivity contribution in [3.63, 3.8) is 0 Å². The Hall–Kier alpha value is -1.44. The van der Waals surface area contributed by atoms with E-state index in [0.29, 0.717) is 5.41 Å².